The molecule has 0 spiro atoms. The molecule has 0 saturated carbocycles. The maximum Gasteiger partial charge on any atom is 0.261 e. The molecule has 160 valence electrons. The zero-order valence-corrected chi connectivity index (χ0v) is 18.8. The molecule has 0 aliphatic heterocycles. The smallest absolute Gasteiger partial charge is 0.261 e. The lowest BCUT2D eigenvalue weighted by molar-refractivity contribution is 0.587. The highest BCUT2D eigenvalue weighted by Crippen LogP contribution is 2.29. The Kier molecular flexibility index (Phi) is 5.15. The third-order valence-corrected chi connectivity index (χ3v) is 6.59. The Morgan fingerprint density at radius 1 is 1.06 bits per heavy atom. The highest BCUT2D eigenvalue weighted by atomic mass is 35.5. The number of benzene rings is 2. The van der Waals surface area contributed by atoms with Gasteiger partial charge in [-0.25, -0.2) is 13.1 Å². The number of rotatable bonds is 4. The molecule has 0 aliphatic rings. The van der Waals surface area contributed by atoms with Gasteiger partial charge in [0.1, 0.15) is 0 Å². The lowest BCUT2D eigenvalue weighted by atomic mass is 9.87. The van der Waals surface area contributed by atoms with E-state index >= 15 is 0 Å². The first-order valence-corrected chi connectivity index (χ1v) is 11.4. The van der Waals surface area contributed by atoms with Crippen LogP contribution in [0.3, 0.4) is 0 Å². The molecular weight excluding hydrogens is 436 g/mol. The van der Waals surface area contributed by atoms with Gasteiger partial charge in [-0.2, -0.15) is 5.10 Å². The Labute approximate surface area is 184 Å². The molecule has 9 heteroatoms. The molecule has 2 aromatic carbocycles. The maximum atomic E-state index is 13.1. The first kappa shape index (κ1) is 21.1. The van der Waals surface area contributed by atoms with Gasteiger partial charge in [-0.1, -0.05) is 44.5 Å². The molecular formula is C22H21ClN4O3S. The summed E-state index contributed by atoms with van der Waals surface area (Å²) in [4.78, 5) is 14.8. The van der Waals surface area contributed by atoms with Gasteiger partial charge in [-0.05, 0) is 47.4 Å². The van der Waals surface area contributed by atoms with E-state index in [0.717, 1.165) is 5.56 Å². The average molecular weight is 457 g/mol. The number of anilines is 1. The molecule has 0 unspecified atom stereocenters. The van der Waals surface area contributed by atoms with E-state index in [4.69, 9.17) is 11.6 Å². The minimum Gasteiger partial charge on any atom is -0.328 e. The summed E-state index contributed by atoms with van der Waals surface area (Å²) in [6.07, 6.45) is 2.94. The first-order chi connectivity index (χ1) is 14.6. The van der Waals surface area contributed by atoms with Gasteiger partial charge in [-0.15, -0.1) is 0 Å². The summed E-state index contributed by atoms with van der Waals surface area (Å²) in [5, 5.41) is 5.06. The monoisotopic (exact) mass is 456 g/mol. The van der Waals surface area contributed by atoms with E-state index in [2.05, 4.69) is 35.6 Å². The molecule has 31 heavy (non-hydrogen) atoms. The van der Waals surface area contributed by atoms with Crippen LogP contribution in [0.15, 0.2) is 70.6 Å². The summed E-state index contributed by atoms with van der Waals surface area (Å²) in [6.45, 7) is 6.19. The lowest BCUT2D eigenvalue weighted by Gasteiger charge is -2.19. The van der Waals surface area contributed by atoms with Crippen LogP contribution < -0.4 is 10.3 Å². The Hall–Kier alpha value is -3.10. The van der Waals surface area contributed by atoms with E-state index in [1.807, 2.05) is 12.1 Å². The standard InChI is InChI=1S/C22H21ClN4O3S/c1-22(2,3)14-4-7-16(8-5-14)31(29,30)26-18-9-6-15(23)12-20(18)27-19-10-11-24-21(28)17(19)13-25-27/h4-13,26H,1-3H3,(H,24,28). The normalized spacial score (nSPS) is 12.3. The van der Waals surface area contributed by atoms with Gasteiger partial charge >= 0.3 is 0 Å². The van der Waals surface area contributed by atoms with Crippen molar-refractivity contribution < 1.29 is 8.42 Å². The van der Waals surface area contributed by atoms with Gasteiger partial charge in [-0.3, -0.25) is 9.52 Å². The van der Waals surface area contributed by atoms with Crippen molar-refractivity contribution in [1.29, 1.82) is 0 Å². The number of aromatic nitrogens is 3. The summed E-state index contributed by atoms with van der Waals surface area (Å²) in [5.41, 5.74) is 1.88. The molecule has 0 atom stereocenters. The van der Waals surface area contributed by atoms with Crippen LogP contribution >= 0.6 is 11.6 Å². The van der Waals surface area contributed by atoms with Crippen molar-refractivity contribution in [1.82, 2.24) is 14.8 Å². The number of fused-ring (bicyclic) bond motifs is 1. The Morgan fingerprint density at radius 2 is 1.77 bits per heavy atom. The maximum absolute atomic E-state index is 13.1. The van der Waals surface area contributed by atoms with E-state index in [9.17, 15) is 13.2 Å². The van der Waals surface area contributed by atoms with Crippen LogP contribution in [0, 0.1) is 0 Å². The molecule has 0 saturated heterocycles. The van der Waals surface area contributed by atoms with Crippen molar-refractivity contribution in [2.75, 3.05) is 4.72 Å². The molecule has 2 N–H and O–H groups in total. The van der Waals surface area contributed by atoms with Crippen LogP contribution in [0.2, 0.25) is 5.02 Å². The number of halogens is 1. The number of hydrogen-bond donors (Lipinski definition) is 2. The molecule has 0 fully saturated rings. The Bertz CT molecular complexity index is 1430. The van der Waals surface area contributed by atoms with Crippen LogP contribution in [0.25, 0.3) is 16.6 Å². The van der Waals surface area contributed by atoms with Gasteiger partial charge in [0.25, 0.3) is 15.6 Å². The van der Waals surface area contributed by atoms with Crippen molar-refractivity contribution >= 4 is 38.2 Å². The van der Waals surface area contributed by atoms with Gasteiger partial charge in [0, 0.05) is 11.2 Å². The third-order valence-electron chi connectivity index (χ3n) is 4.97. The number of nitrogens with one attached hydrogen (secondary N) is 2. The molecule has 0 bridgehead atoms. The molecule has 7 nitrogen and oxygen atoms in total. The number of H-pyrrole nitrogens is 1. The first-order valence-electron chi connectivity index (χ1n) is 9.55. The topological polar surface area (TPSA) is 96.8 Å². The fourth-order valence-electron chi connectivity index (χ4n) is 3.26. The van der Waals surface area contributed by atoms with E-state index in [1.54, 1.807) is 36.4 Å². The summed E-state index contributed by atoms with van der Waals surface area (Å²) in [7, 11) is -3.87. The van der Waals surface area contributed by atoms with Crippen molar-refractivity contribution in [3.05, 3.63) is 81.9 Å². The predicted molar refractivity (Wildman–Crippen MR) is 123 cm³/mol. The van der Waals surface area contributed by atoms with Crippen LogP contribution in [0.4, 0.5) is 5.69 Å². The highest BCUT2D eigenvalue weighted by Gasteiger charge is 2.20. The molecule has 0 aliphatic carbocycles. The summed E-state index contributed by atoms with van der Waals surface area (Å²) in [5.74, 6) is 0. The summed E-state index contributed by atoms with van der Waals surface area (Å²) < 4.78 is 30.2. The van der Waals surface area contributed by atoms with Gasteiger partial charge in [0.05, 0.1) is 33.4 Å². The Morgan fingerprint density at radius 3 is 2.45 bits per heavy atom. The van der Waals surface area contributed by atoms with E-state index in [1.165, 1.54) is 17.1 Å². The molecule has 2 heterocycles. The van der Waals surface area contributed by atoms with Crippen molar-refractivity contribution in [3.63, 3.8) is 0 Å². The second-order valence-corrected chi connectivity index (χ2v) is 10.3. The minimum atomic E-state index is -3.87. The van der Waals surface area contributed by atoms with E-state index in [-0.39, 0.29) is 21.6 Å². The lowest BCUT2D eigenvalue weighted by Crippen LogP contribution is -2.16. The molecule has 0 amide bonds. The number of pyridine rings is 1. The number of nitrogens with zero attached hydrogens (tertiary/aromatic N) is 2. The molecule has 4 rings (SSSR count). The zero-order valence-electron chi connectivity index (χ0n) is 17.2. The average Bonchev–Trinajstić information content (AvgIpc) is 3.14. The van der Waals surface area contributed by atoms with E-state index < -0.39 is 10.0 Å². The Balaban J connectivity index is 1.77. The van der Waals surface area contributed by atoms with Crippen molar-refractivity contribution in [3.8, 4) is 5.69 Å². The molecule has 2 aromatic heterocycles. The predicted octanol–water partition coefficient (Wildman–Crippen LogP) is 4.47. The van der Waals surface area contributed by atoms with Crippen molar-refractivity contribution in [2.24, 2.45) is 0 Å². The van der Waals surface area contributed by atoms with Gasteiger partial charge in [0.15, 0.2) is 0 Å². The summed E-state index contributed by atoms with van der Waals surface area (Å²) >= 11 is 6.18. The van der Waals surface area contributed by atoms with Crippen LogP contribution in [-0.2, 0) is 15.4 Å². The van der Waals surface area contributed by atoms with Gasteiger partial charge < -0.3 is 4.98 Å². The number of sulfonamides is 1. The number of hydrogen-bond acceptors (Lipinski definition) is 4. The van der Waals surface area contributed by atoms with Crippen molar-refractivity contribution in [2.45, 2.75) is 31.1 Å². The van der Waals surface area contributed by atoms with E-state index in [0.29, 0.717) is 21.6 Å². The second-order valence-electron chi connectivity index (χ2n) is 8.20. The van der Waals surface area contributed by atoms with Crippen LogP contribution in [0.5, 0.6) is 0 Å². The molecule has 0 radical (unpaired) electrons. The highest BCUT2D eigenvalue weighted by molar-refractivity contribution is 7.92. The zero-order chi connectivity index (χ0) is 22.4. The molecule has 4 aromatic rings. The fourth-order valence-corrected chi connectivity index (χ4v) is 4.50. The third kappa shape index (κ3) is 4.08. The fraction of sp³-hybridized carbons (Fsp3) is 0.182. The largest absolute Gasteiger partial charge is 0.328 e. The summed E-state index contributed by atoms with van der Waals surface area (Å²) in [6, 6.07) is 13.2. The second kappa shape index (κ2) is 7.55. The SMILES string of the molecule is CC(C)(C)c1ccc(S(=O)(=O)Nc2ccc(Cl)cc2-n2ncc3c(=O)[nH]ccc32)cc1. The van der Waals surface area contributed by atoms with Gasteiger partial charge in [0.2, 0.25) is 0 Å². The number of aromatic amines is 1. The quantitative estimate of drug-likeness (QED) is 0.473. The minimum absolute atomic E-state index is 0.0853. The van der Waals surface area contributed by atoms with Crippen LogP contribution in [-0.4, -0.2) is 23.2 Å². The van der Waals surface area contributed by atoms with Crippen LogP contribution in [0.1, 0.15) is 26.3 Å².